The van der Waals surface area contributed by atoms with Gasteiger partial charge in [0.05, 0.1) is 30.3 Å². The van der Waals surface area contributed by atoms with Gasteiger partial charge in [0, 0.05) is 51.0 Å². The van der Waals surface area contributed by atoms with Gasteiger partial charge in [-0.2, -0.15) is 0 Å². The number of Topliss-reactive ketones (excluding diaryl/α,β-unsaturated/α-hetero) is 1. The molecule has 6 fully saturated rings. The van der Waals surface area contributed by atoms with Gasteiger partial charge in [-0.3, -0.25) is 9.59 Å². The van der Waals surface area contributed by atoms with Crippen molar-refractivity contribution in [3.8, 4) is 0 Å². The Balaban J connectivity index is 0.940. The molecular formula is C60H86O13. The smallest absolute Gasteiger partial charge is 0.455 e. The zero-order valence-corrected chi connectivity index (χ0v) is 45.6. The van der Waals surface area contributed by atoms with Crippen LogP contribution in [0.4, 0.5) is 4.79 Å². The van der Waals surface area contributed by atoms with Crippen LogP contribution in [0.1, 0.15) is 158 Å². The monoisotopic (exact) mass is 1010 g/mol. The molecule has 7 aliphatic carbocycles. The molecule has 1 aromatic carbocycles. The van der Waals surface area contributed by atoms with Crippen molar-refractivity contribution in [1.29, 1.82) is 0 Å². The van der Waals surface area contributed by atoms with E-state index in [1.165, 1.54) is 71.5 Å². The number of rotatable bonds is 13. The average molecular weight is 1020 g/mol. The highest BCUT2D eigenvalue weighted by molar-refractivity contribution is 5.95. The number of carbonyl (C=O) groups is 4. The van der Waals surface area contributed by atoms with Gasteiger partial charge in [-0.15, -0.1) is 0 Å². The van der Waals surface area contributed by atoms with Gasteiger partial charge in [-0.1, -0.05) is 110 Å². The Kier molecular flexibility index (Phi) is 14.7. The second kappa shape index (κ2) is 19.7. The molecule has 18 unspecified atom stereocenters. The molecule has 0 amide bonds. The van der Waals surface area contributed by atoms with Crippen LogP contribution in [0.3, 0.4) is 0 Å². The quantitative estimate of drug-likeness (QED) is 0.0965. The minimum Gasteiger partial charge on any atom is -0.455 e. The Morgan fingerprint density at radius 2 is 1.63 bits per heavy atom. The number of benzene rings is 1. The van der Waals surface area contributed by atoms with E-state index in [-0.39, 0.29) is 36.9 Å². The maximum absolute atomic E-state index is 15.2. The van der Waals surface area contributed by atoms with Crippen LogP contribution in [0.25, 0.3) is 0 Å². The third-order valence-electron chi connectivity index (χ3n) is 21.4. The minimum atomic E-state index is -2.01. The van der Waals surface area contributed by atoms with Gasteiger partial charge in [0.2, 0.25) is 6.10 Å². The first kappa shape index (κ1) is 54.2. The van der Waals surface area contributed by atoms with E-state index in [1.54, 1.807) is 20.8 Å². The molecule has 1 saturated heterocycles. The predicted molar refractivity (Wildman–Crippen MR) is 273 cm³/mol. The number of aliphatic hydroxyl groups excluding tert-OH is 1. The molecule has 1 heterocycles. The molecule has 13 heteroatoms. The molecule has 13 nitrogen and oxygen atoms in total. The Morgan fingerprint density at radius 1 is 0.904 bits per heavy atom. The number of fused-ring (bicyclic) bond motifs is 10. The van der Waals surface area contributed by atoms with E-state index in [2.05, 4.69) is 40.7 Å². The molecule has 5 saturated carbocycles. The first-order chi connectivity index (χ1) is 34.3. The predicted octanol–water partition coefficient (Wildman–Crippen LogP) is 9.60. The normalized spacial score (nSPS) is 42.2. The van der Waals surface area contributed by atoms with Crippen LogP contribution in [0, 0.1) is 63.1 Å². The number of aliphatic hydroxyl groups is 3. The summed E-state index contributed by atoms with van der Waals surface area (Å²) < 4.78 is 36.3. The van der Waals surface area contributed by atoms with Crippen LogP contribution in [-0.2, 0) is 49.2 Å². The number of esters is 2. The lowest BCUT2D eigenvalue weighted by Gasteiger charge is -2.67. The maximum Gasteiger partial charge on any atom is 0.509 e. The van der Waals surface area contributed by atoms with Crippen molar-refractivity contribution in [2.24, 2.45) is 63.1 Å². The van der Waals surface area contributed by atoms with E-state index in [0.29, 0.717) is 41.2 Å². The molecular weight excluding hydrogens is 929 g/mol. The minimum absolute atomic E-state index is 0.0382. The van der Waals surface area contributed by atoms with Gasteiger partial charge >= 0.3 is 18.1 Å². The fourth-order valence-corrected chi connectivity index (χ4v) is 17.3. The standard InChI is InChI=1S/C60H86O13/c1-33(2)16-15-17-34(3)41-22-23-42-40-21-20-38-29-39(24-26-56(38,8)43(40)25-27-57(41,42)9)71-54(65)73-44(28-37-18-13-12-14-19-37)53(64)72-45-31-60(67)52(68-11)50-58(10,46(62)30-47-59(50,66)32-69-47)51(63)49(70-36(5)61)48(35(45)4)55(60,6)7/h12-14,18-20,33-34,39-47,49-50,52,62,66-67H,15-17,21-32H2,1-11H3. The number of carbonyl (C=O) groups excluding carboxylic acids is 4. The Morgan fingerprint density at radius 3 is 2.29 bits per heavy atom. The molecule has 0 aromatic heterocycles. The molecule has 404 valence electrons. The topological polar surface area (TPSA) is 184 Å². The summed E-state index contributed by atoms with van der Waals surface area (Å²) >= 11 is 0. The Hall–Kier alpha value is -3.62. The third-order valence-corrected chi connectivity index (χ3v) is 21.4. The number of hydrogen-bond donors (Lipinski definition) is 3. The molecule has 0 radical (unpaired) electrons. The van der Waals surface area contributed by atoms with Gasteiger partial charge in [0.15, 0.2) is 11.9 Å². The number of ether oxygens (including phenoxy) is 6. The van der Waals surface area contributed by atoms with Crippen LogP contribution in [0.15, 0.2) is 53.1 Å². The summed E-state index contributed by atoms with van der Waals surface area (Å²) in [6, 6.07) is 9.14. The molecule has 2 bridgehead atoms. The van der Waals surface area contributed by atoms with Crippen molar-refractivity contribution in [3.05, 3.63) is 58.7 Å². The SMILES string of the molecule is COC1C2C3(O)COC3CC(O)C2(C)C(=O)C(OC(C)=O)C2=C(C)C(OC(=O)C(Cc3ccccc3)OC(=O)OC3CCC4(C)C(=CCC5C4CCC4(C)C(C(C)CCCC(C)C)CCC54)C3)CC1(O)C2(C)C. The van der Waals surface area contributed by atoms with Crippen molar-refractivity contribution in [2.75, 3.05) is 13.7 Å². The Labute approximate surface area is 433 Å². The number of allylic oxidation sites excluding steroid dienone is 1. The zero-order valence-electron chi connectivity index (χ0n) is 45.6. The van der Waals surface area contributed by atoms with Gasteiger partial charge < -0.3 is 43.7 Å². The van der Waals surface area contributed by atoms with Crippen LogP contribution in [-0.4, -0.2) is 107 Å². The van der Waals surface area contributed by atoms with E-state index >= 15 is 4.79 Å². The number of ketones is 1. The van der Waals surface area contributed by atoms with E-state index in [1.807, 2.05) is 30.3 Å². The van der Waals surface area contributed by atoms with Crippen molar-refractivity contribution in [1.82, 2.24) is 0 Å². The molecule has 73 heavy (non-hydrogen) atoms. The largest absolute Gasteiger partial charge is 0.509 e. The summed E-state index contributed by atoms with van der Waals surface area (Å²) in [6.45, 7) is 19.8. The number of hydrogen-bond acceptors (Lipinski definition) is 13. The van der Waals surface area contributed by atoms with Gasteiger partial charge in [-0.25, -0.2) is 9.59 Å². The highest BCUT2D eigenvalue weighted by Gasteiger charge is 2.76. The zero-order chi connectivity index (χ0) is 52.8. The fourth-order valence-electron chi connectivity index (χ4n) is 17.3. The van der Waals surface area contributed by atoms with Gasteiger partial charge in [0.1, 0.15) is 23.4 Å². The molecule has 3 N–H and O–H groups in total. The summed E-state index contributed by atoms with van der Waals surface area (Å²) in [5.74, 6) is 0.678. The first-order valence-corrected chi connectivity index (χ1v) is 27.9. The van der Waals surface area contributed by atoms with Crippen LogP contribution >= 0.6 is 0 Å². The Bertz CT molecular complexity index is 2340. The second-order valence-electron chi connectivity index (χ2n) is 25.9. The summed E-state index contributed by atoms with van der Waals surface area (Å²) in [5, 5.41) is 37.5. The van der Waals surface area contributed by atoms with Crippen molar-refractivity contribution >= 4 is 23.9 Å². The molecule has 18 atom stereocenters. The number of methoxy groups -OCH3 is 1. The van der Waals surface area contributed by atoms with Crippen LogP contribution < -0.4 is 0 Å². The highest BCUT2D eigenvalue weighted by atomic mass is 16.7. The van der Waals surface area contributed by atoms with E-state index in [0.717, 1.165) is 36.5 Å². The van der Waals surface area contributed by atoms with E-state index in [4.69, 9.17) is 28.4 Å². The van der Waals surface area contributed by atoms with E-state index in [9.17, 15) is 29.7 Å². The lowest BCUT2D eigenvalue weighted by molar-refractivity contribution is -0.346. The molecule has 1 aliphatic heterocycles. The molecule has 1 aromatic rings. The third kappa shape index (κ3) is 8.86. The maximum atomic E-state index is 15.2. The summed E-state index contributed by atoms with van der Waals surface area (Å²) in [6.07, 6.45) is 5.20. The summed E-state index contributed by atoms with van der Waals surface area (Å²) in [7, 11) is 1.37. The van der Waals surface area contributed by atoms with Crippen LogP contribution in [0.2, 0.25) is 0 Å². The average Bonchev–Trinajstić information content (AvgIpc) is 3.69. The van der Waals surface area contributed by atoms with Crippen molar-refractivity contribution in [3.63, 3.8) is 0 Å². The summed E-state index contributed by atoms with van der Waals surface area (Å²) in [4.78, 5) is 56.9. The van der Waals surface area contributed by atoms with Gasteiger partial charge in [-0.05, 0) is 122 Å². The fraction of sp³-hybridized carbons (Fsp3) is 0.767. The summed E-state index contributed by atoms with van der Waals surface area (Å²) in [5.41, 5.74) is -3.85. The first-order valence-electron chi connectivity index (χ1n) is 27.9. The van der Waals surface area contributed by atoms with E-state index < -0.39 is 94.6 Å². The second-order valence-corrected chi connectivity index (χ2v) is 25.9. The van der Waals surface area contributed by atoms with Gasteiger partial charge in [0.25, 0.3) is 0 Å². The highest BCUT2D eigenvalue weighted by Crippen LogP contribution is 2.68. The van der Waals surface area contributed by atoms with Crippen molar-refractivity contribution < 1.29 is 62.9 Å². The van der Waals surface area contributed by atoms with Crippen molar-refractivity contribution in [2.45, 2.75) is 213 Å². The lowest BCUT2D eigenvalue weighted by atomic mass is 9.44. The molecule has 0 spiro atoms. The molecule has 8 aliphatic rings. The lowest BCUT2D eigenvalue weighted by Crippen LogP contribution is -2.81. The molecule has 9 rings (SSSR count). The van der Waals surface area contributed by atoms with Crippen LogP contribution in [0.5, 0.6) is 0 Å².